The Kier molecular flexibility index (Phi) is 5.14. The smallest absolute Gasteiger partial charge is 0.351 e. The highest BCUT2D eigenvalue weighted by atomic mass is 19.4. The van der Waals surface area contributed by atoms with Crippen LogP contribution in [-0.4, -0.2) is 24.6 Å². The Labute approximate surface area is 88.2 Å². The van der Waals surface area contributed by atoms with Crippen molar-refractivity contribution in [3.8, 4) is 6.07 Å². The summed E-state index contributed by atoms with van der Waals surface area (Å²) in [5.74, 6) is -7.74. The molecule has 0 atom stereocenters. The van der Waals surface area contributed by atoms with Gasteiger partial charge in [0.15, 0.2) is 0 Å². The molecule has 3 nitrogen and oxygen atoms in total. The maximum atomic E-state index is 12.3. The number of unbranched alkanes of at least 4 members (excludes halogenated alkanes) is 2. The molecule has 92 valence electrons. The molecule has 0 spiro atoms. The van der Waals surface area contributed by atoms with Gasteiger partial charge in [-0.15, -0.1) is 0 Å². The summed E-state index contributed by atoms with van der Waals surface area (Å²) in [5, 5.41) is 9.57. The molecule has 0 aromatic heterocycles. The highest BCUT2D eigenvalue weighted by molar-refractivity contribution is 5.84. The highest BCUT2D eigenvalue weighted by Crippen LogP contribution is 2.35. The van der Waals surface area contributed by atoms with Gasteiger partial charge in [-0.1, -0.05) is 0 Å². The Morgan fingerprint density at radius 1 is 1.19 bits per heavy atom. The third kappa shape index (κ3) is 4.00. The molecule has 0 aromatic carbocycles. The van der Waals surface area contributed by atoms with Gasteiger partial charge >= 0.3 is 12.1 Å². The van der Waals surface area contributed by atoms with Gasteiger partial charge in [0.25, 0.3) is 5.91 Å². The second kappa shape index (κ2) is 5.63. The van der Waals surface area contributed by atoms with Crippen LogP contribution in [0.2, 0.25) is 0 Å². The lowest BCUT2D eigenvalue weighted by Gasteiger charge is -2.18. The monoisotopic (exact) mass is 244 g/mol. The molecule has 0 saturated heterocycles. The van der Waals surface area contributed by atoms with Gasteiger partial charge in [-0.3, -0.25) is 4.79 Å². The van der Waals surface area contributed by atoms with E-state index in [-0.39, 0.29) is 19.4 Å². The minimum atomic E-state index is -5.89. The van der Waals surface area contributed by atoms with E-state index in [1.54, 1.807) is 6.07 Å². The number of carbonyl (C=O) groups excluding carboxylic acids is 1. The Bertz CT molecular complexity index is 281. The summed E-state index contributed by atoms with van der Waals surface area (Å²) in [6.07, 6.45) is -5.23. The number of nitrogens with one attached hydrogen (secondary N) is 1. The third-order valence-electron chi connectivity index (χ3n) is 1.64. The predicted octanol–water partition coefficient (Wildman–Crippen LogP) is 1.99. The second-order valence-corrected chi connectivity index (χ2v) is 2.94. The molecular weight excluding hydrogens is 235 g/mol. The van der Waals surface area contributed by atoms with Crippen molar-refractivity contribution in [2.45, 2.75) is 31.4 Å². The average molecular weight is 244 g/mol. The van der Waals surface area contributed by atoms with E-state index in [0.717, 1.165) is 0 Å². The van der Waals surface area contributed by atoms with Crippen molar-refractivity contribution in [2.75, 3.05) is 6.54 Å². The standard InChI is InChI=1S/C8H9F5N2O/c9-7(10,8(11,12)13)6(16)15-5-3-1-2-4-14/h1-3,5H2,(H,15,16). The van der Waals surface area contributed by atoms with Crippen LogP contribution in [0.3, 0.4) is 0 Å². The fourth-order valence-electron chi connectivity index (χ4n) is 0.771. The van der Waals surface area contributed by atoms with E-state index in [9.17, 15) is 26.7 Å². The zero-order valence-corrected chi connectivity index (χ0v) is 8.07. The van der Waals surface area contributed by atoms with Crippen LogP contribution in [0.25, 0.3) is 0 Å². The maximum absolute atomic E-state index is 12.3. The molecule has 0 radical (unpaired) electrons. The molecule has 0 aliphatic heterocycles. The van der Waals surface area contributed by atoms with Crippen LogP contribution < -0.4 is 5.32 Å². The first-order valence-corrected chi connectivity index (χ1v) is 4.33. The first-order chi connectivity index (χ1) is 7.23. The number of halogens is 5. The van der Waals surface area contributed by atoms with Crippen molar-refractivity contribution >= 4 is 5.91 Å². The van der Waals surface area contributed by atoms with Gasteiger partial charge in [0.05, 0.1) is 6.07 Å². The first kappa shape index (κ1) is 14.6. The summed E-state index contributed by atoms with van der Waals surface area (Å²) in [6, 6.07) is 1.77. The molecule has 1 N–H and O–H groups in total. The molecule has 0 aliphatic rings. The molecule has 0 heterocycles. The summed E-state index contributed by atoms with van der Waals surface area (Å²) >= 11 is 0. The Hall–Kier alpha value is -1.39. The minimum Gasteiger partial charge on any atom is -0.351 e. The molecular formula is C8H9F5N2O. The van der Waals surface area contributed by atoms with Crippen molar-refractivity contribution in [3.05, 3.63) is 0 Å². The molecule has 1 amide bonds. The summed E-state index contributed by atoms with van der Waals surface area (Å²) in [5.41, 5.74) is 0. The molecule has 0 bridgehead atoms. The van der Waals surface area contributed by atoms with Gasteiger partial charge in [-0.25, -0.2) is 0 Å². The Morgan fingerprint density at radius 2 is 1.75 bits per heavy atom. The molecule has 0 fully saturated rings. The van der Waals surface area contributed by atoms with Crippen LogP contribution >= 0.6 is 0 Å². The summed E-state index contributed by atoms with van der Waals surface area (Å²) in [7, 11) is 0. The minimum absolute atomic E-state index is 0.158. The van der Waals surface area contributed by atoms with E-state index in [4.69, 9.17) is 5.26 Å². The number of amides is 1. The van der Waals surface area contributed by atoms with E-state index in [2.05, 4.69) is 0 Å². The summed E-state index contributed by atoms with van der Waals surface area (Å²) in [6.45, 7) is -0.313. The molecule has 0 saturated carbocycles. The lowest BCUT2D eigenvalue weighted by Crippen LogP contribution is -2.50. The van der Waals surface area contributed by atoms with E-state index in [1.807, 2.05) is 0 Å². The Morgan fingerprint density at radius 3 is 2.19 bits per heavy atom. The number of nitrogens with zero attached hydrogens (tertiary/aromatic N) is 1. The number of rotatable bonds is 5. The number of hydrogen-bond donors (Lipinski definition) is 1. The third-order valence-corrected chi connectivity index (χ3v) is 1.64. The average Bonchev–Trinajstić information content (AvgIpc) is 2.15. The molecule has 16 heavy (non-hydrogen) atoms. The lowest BCUT2D eigenvalue weighted by atomic mass is 10.2. The number of hydrogen-bond acceptors (Lipinski definition) is 2. The highest BCUT2D eigenvalue weighted by Gasteiger charge is 2.63. The van der Waals surface area contributed by atoms with Crippen LogP contribution in [0.5, 0.6) is 0 Å². The fourth-order valence-corrected chi connectivity index (χ4v) is 0.771. The normalized spacial score (nSPS) is 12.0. The van der Waals surface area contributed by atoms with Gasteiger partial charge in [-0.2, -0.15) is 27.2 Å². The van der Waals surface area contributed by atoms with E-state index < -0.39 is 18.0 Å². The van der Waals surface area contributed by atoms with Crippen molar-refractivity contribution in [1.82, 2.24) is 5.32 Å². The van der Waals surface area contributed by atoms with Gasteiger partial charge in [-0.05, 0) is 12.8 Å². The van der Waals surface area contributed by atoms with Crippen LogP contribution in [-0.2, 0) is 4.79 Å². The van der Waals surface area contributed by atoms with Crippen LogP contribution in [0, 0.1) is 11.3 Å². The van der Waals surface area contributed by atoms with E-state index >= 15 is 0 Å². The first-order valence-electron chi connectivity index (χ1n) is 4.33. The summed E-state index contributed by atoms with van der Waals surface area (Å²) in [4.78, 5) is 10.5. The molecule has 0 aliphatic carbocycles. The SMILES string of the molecule is N#CCCCCNC(=O)C(F)(F)C(F)(F)F. The van der Waals surface area contributed by atoms with Crippen molar-refractivity contribution in [3.63, 3.8) is 0 Å². The number of nitriles is 1. The topological polar surface area (TPSA) is 52.9 Å². The molecule has 0 unspecified atom stereocenters. The second-order valence-electron chi connectivity index (χ2n) is 2.94. The van der Waals surface area contributed by atoms with Crippen molar-refractivity contribution in [2.24, 2.45) is 0 Å². The predicted molar refractivity (Wildman–Crippen MR) is 43.5 cm³/mol. The lowest BCUT2D eigenvalue weighted by molar-refractivity contribution is -0.269. The van der Waals surface area contributed by atoms with Crippen LogP contribution in [0.15, 0.2) is 0 Å². The maximum Gasteiger partial charge on any atom is 0.463 e. The number of alkyl halides is 5. The van der Waals surface area contributed by atoms with Gasteiger partial charge < -0.3 is 5.32 Å². The molecule has 0 aromatic rings. The fraction of sp³-hybridized carbons (Fsp3) is 0.750. The van der Waals surface area contributed by atoms with Gasteiger partial charge in [0.2, 0.25) is 0 Å². The van der Waals surface area contributed by atoms with Gasteiger partial charge in [0, 0.05) is 13.0 Å². The van der Waals surface area contributed by atoms with Gasteiger partial charge in [0.1, 0.15) is 0 Å². The van der Waals surface area contributed by atoms with E-state index in [1.165, 1.54) is 5.32 Å². The van der Waals surface area contributed by atoms with Crippen LogP contribution in [0.1, 0.15) is 19.3 Å². The quantitative estimate of drug-likeness (QED) is 0.594. The van der Waals surface area contributed by atoms with Crippen molar-refractivity contribution < 1.29 is 26.7 Å². The molecule has 8 heteroatoms. The summed E-state index contributed by atoms with van der Waals surface area (Å²) < 4.78 is 59.6. The Balaban J connectivity index is 4.03. The largest absolute Gasteiger partial charge is 0.463 e. The number of carbonyl (C=O) groups is 1. The van der Waals surface area contributed by atoms with Crippen LogP contribution in [0.4, 0.5) is 22.0 Å². The zero-order valence-electron chi connectivity index (χ0n) is 8.07. The zero-order chi connectivity index (χ0) is 12.8. The van der Waals surface area contributed by atoms with E-state index in [0.29, 0.717) is 6.42 Å². The molecule has 0 rings (SSSR count). The van der Waals surface area contributed by atoms with Crippen molar-refractivity contribution in [1.29, 1.82) is 5.26 Å².